The van der Waals surface area contributed by atoms with Crippen molar-refractivity contribution in [2.24, 2.45) is 5.92 Å². The minimum absolute atomic E-state index is 0.0739. The topological polar surface area (TPSA) is 42.0 Å². The maximum atomic E-state index is 13.3. The molecule has 1 aromatic rings. The SMILES string of the molecule is CC(NC(=O)c1ccncc1F)C1CCCC1. The number of amides is 1. The molecular weight excluding hydrogens is 219 g/mol. The van der Waals surface area contributed by atoms with Crippen molar-refractivity contribution in [3.8, 4) is 0 Å². The van der Waals surface area contributed by atoms with E-state index in [2.05, 4.69) is 10.3 Å². The zero-order chi connectivity index (χ0) is 12.3. The first-order chi connectivity index (χ1) is 8.18. The Bertz CT molecular complexity index is 402. The highest BCUT2D eigenvalue weighted by Gasteiger charge is 2.23. The lowest BCUT2D eigenvalue weighted by molar-refractivity contribution is 0.0923. The Morgan fingerprint density at radius 3 is 2.88 bits per heavy atom. The summed E-state index contributed by atoms with van der Waals surface area (Å²) >= 11 is 0. The predicted molar refractivity (Wildman–Crippen MR) is 63.1 cm³/mol. The van der Waals surface area contributed by atoms with Crippen LogP contribution in [0.15, 0.2) is 18.5 Å². The molecule has 1 amide bonds. The highest BCUT2D eigenvalue weighted by molar-refractivity contribution is 5.94. The van der Waals surface area contributed by atoms with Gasteiger partial charge in [0.1, 0.15) is 0 Å². The second-order valence-electron chi connectivity index (χ2n) is 4.66. The average Bonchev–Trinajstić information content (AvgIpc) is 2.82. The molecule has 1 N–H and O–H groups in total. The Morgan fingerprint density at radius 2 is 2.24 bits per heavy atom. The quantitative estimate of drug-likeness (QED) is 0.876. The van der Waals surface area contributed by atoms with Gasteiger partial charge in [-0.15, -0.1) is 0 Å². The molecule has 1 fully saturated rings. The highest BCUT2D eigenvalue weighted by Crippen LogP contribution is 2.27. The molecule has 1 saturated carbocycles. The minimum Gasteiger partial charge on any atom is -0.349 e. The number of carbonyl (C=O) groups excluding carboxylic acids is 1. The van der Waals surface area contributed by atoms with Crippen molar-refractivity contribution in [1.29, 1.82) is 0 Å². The first kappa shape index (κ1) is 12.0. The molecule has 17 heavy (non-hydrogen) atoms. The smallest absolute Gasteiger partial charge is 0.254 e. The van der Waals surface area contributed by atoms with Gasteiger partial charge in [0.15, 0.2) is 5.82 Å². The van der Waals surface area contributed by atoms with Gasteiger partial charge >= 0.3 is 0 Å². The largest absolute Gasteiger partial charge is 0.349 e. The summed E-state index contributed by atoms with van der Waals surface area (Å²) in [4.78, 5) is 15.5. The Labute approximate surface area is 100 Å². The molecule has 0 saturated heterocycles. The van der Waals surface area contributed by atoms with Crippen LogP contribution in [0.2, 0.25) is 0 Å². The fourth-order valence-electron chi connectivity index (χ4n) is 2.42. The molecule has 1 aliphatic carbocycles. The lowest BCUT2D eigenvalue weighted by Crippen LogP contribution is -2.37. The van der Waals surface area contributed by atoms with Gasteiger partial charge < -0.3 is 5.32 Å². The number of nitrogens with zero attached hydrogens (tertiary/aromatic N) is 1. The van der Waals surface area contributed by atoms with Gasteiger partial charge in [-0.25, -0.2) is 4.39 Å². The van der Waals surface area contributed by atoms with Crippen LogP contribution in [0.3, 0.4) is 0 Å². The molecular formula is C13H17FN2O. The van der Waals surface area contributed by atoms with E-state index in [1.807, 2.05) is 6.92 Å². The fourth-order valence-corrected chi connectivity index (χ4v) is 2.42. The summed E-state index contributed by atoms with van der Waals surface area (Å²) in [5.41, 5.74) is 0.0739. The van der Waals surface area contributed by atoms with Crippen molar-refractivity contribution in [2.45, 2.75) is 38.6 Å². The Morgan fingerprint density at radius 1 is 1.53 bits per heavy atom. The summed E-state index contributed by atoms with van der Waals surface area (Å²) in [7, 11) is 0. The van der Waals surface area contributed by atoms with Gasteiger partial charge in [0.2, 0.25) is 0 Å². The second kappa shape index (κ2) is 5.25. The first-order valence-corrected chi connectivity index (χ1v) is 6.09. The minimum atomic E-state index is -0.566. The molecule has 0 bridgehead atoms. The van der Waals surface area contributed by atoms with Gasteiger partial charge in [-0.05, 0) is 31.7 Å². The molecule has 1 unspecified atom stereocenters. The summed E-state index contributed by atoms with van der Waals surface area (Å²) in [6.07, 6.45) is 7.26. The van der Waals surface area contributed by atoms with Crippen LogP contribution in [0, 0.1) is 11.7 Å². The van der Waals surface area contributed by atoms with Gasteiger partial charge in [-0.1, -0.05) is 12.8 Å². The molecule has 1 atom stereocenters. The van der Waals surface area contributed by atoms with Crippen molar-refractivity contribution in [3.63, 3.8) is 0 Å². The third kappa shape index (κ3) is 2.81. The van der Waals surface area contributed by atoms with Crippen LogP contribution in [0.4, 0.5) is 4.39 Å². The van der Waals surface area contributed by atoms with Gasteiger partial charge in [-0.3, -0.25) is 9.78 Å². The van der Waals surface area contributed by atoms with Crippen LogP contribution in [-0.2, 0) is 0 Å². The predicted octanol–water partition coefficient (Wildman–Crippen LogP) is 2.53. The van der Waals surface area contributed by atoms with Crippen LogP contribution in [0.25, 0.3) is 0 Å². The van der Waals surface area contributed by atoms with E-state index >= 15 is 0 Å². The summed E-state index contributed by atoms with van der Waals surface area (Å²) < 4.78 is 13.3. The number of aromatic nitrogens is 1. The first-order valence-electron chi connectivity index (χ1n) is 6.09. The van der Waals surface area contributed by atoms with Crippen molar-refractivity contribution in [2.75, 3.05) is 0 Å². The van der Waals surface area contributed by atoms with Crippen molar-refractivity contribution in [3.05, 3.63) is 29.8 Å². The molecule has 2 rings (SSSR count). The van der Waals surface area contributed by atoms with E-state index < -0.39 is 5.82 Å². The molecule has 1 aromatic heterocycles. The molecule has 0 spiro atoms. The van der Waals surface area contributed by atoms with E-state index in [1.54, 1.807) is 0 Å². The number of hydrogen-bond donors (Lipinski definition) is 1. The lowest BCUT2D eigenvalue weighted by Gasteiger charge is -2.20. The third-order valence-electron chi connectivity index (χ3n) is 3.48. The Balaban J connectivity index is 1.99. The Kier molecular flexibility index (Phi) is 3.71. The number of rotatable bonds is 3. The molecule has 0 aliphatic heterocycles. The third-order valence-corrected chi connectivity index (χ3v) is 3.48. The van der Waals surface area contributed by atoms with Crippen molar-refractivity contribution < 1.29 is 9.18 Å². The van der Waals surface area contributed by atoms with E-state index in [-0.39, 0.29) is 17.5 Å². The molecule has 1 heterocycles. The standard InChI is InChI=1S/C13H17FN2O/c1-9(10-4-2-3-5-10)16-13(17)11-6-7-15-8-12(11)14/h6-10H,2-5H2,1H3,(H,16,17). The second-order valence-corrected chi connectivity index (χ2v) is 4.66. The fraction of sp³-hybridized carbons (Fsp3) is 0.538. The van der Waals surface area contributed by atoms with Crippen LogP contribution >= 0.6 is 0 Å². The number of halogens is 1. The molecule has 1 aliphatic rings. The highest BCUT2D eigenvalue weighted by atomic mass is 19.1. The summed E-state index contributed by atoms with van der Waals surface area (Å²) in [5, 5.41) is 2.87. The van der Waals surface area contributed by atoms with E-state index in [4.69, 9.17) is 0 Å². The zero-order valence-electron chi connectivity index (χ0n) is 9.95. The van der Waals surface area contributed by atoms with Gasteiger partial charge in [0.05, 0.1) is 11.8 Å². The molecule has 4 heteroatoms. The monoisotopic (exact) mass is 236 g/mol. The van der Waals surface area contributed by atoms with Crippen LogP contribution in [-0.4, -0.2) is 16.9 Å². The average molecular weight is 236 g/mol. The van der Waals surface area contributed by atoms with Gasteiger partial charge in [0.25, 0.3) is 5.91 Å². The summed E-state index contributed by atoms with van der Waals surface area (Å²) in [5.74, 6) is -0.378. The summed E-state index contributed by atoms with van der Waals surface area (Å²) in [6, 6.07) is 1.52. The van der Waals surface area contributed by atoms with E-state index in [0.717, 1.165) is 19.0 Å². The zero-order valence-corrected chi connectivity index (χ0v) is 9.95. The normalized spacial score (nSPS) is 18.0. The van der Waals surface area contributed by atoms with Crippen molar-refractivity contribution >= 4 is 5.91 Å². The molecule has 0 radical (unpaired) electrons. The number of nitrogens with one attached hydrogen (secondary N) is 1. The number of hydrogen-bond acceptors (Lipinski definition) is 2. The maximum Gasteiger partial charge on any atom is 0.254 e. The van der Waals surface area contributed by atoms with Crippen LogP contribution < -0.4 is 5.32 Å². The summed E-state index contributed by atoms with van der Waals surface area (Å²) in [6.45, 7) is 1.99. The molecule has 3 nitrogen and oxygen atoms in total. The van der Waals surface area contributed by atoms with Gasteiger partial charge in [0, 0.05) is 12.2 Å². The molecule has 92 valence electrons. The Hall–Kier alpha value is -1.45. The maximum absolute atomic E-state index is 13.3. The van der Waals surface area contributed by atoms with Gasteiger partial charge in [-0.2, -0.15) is 0 Å². The molecule has 0 aromatic carbocycles. The van der Waals surface area contributed by atoms with Crippen LogP contribution in [0.1, 0.15) is 43.0 Å². The van der Waals surface area contributed by atoms with E-state index in [1.165, 1.54) is 25.1 Å². The van der Waals surface area contributed by atoms with Crippen LogP contribution in [0.5, 0.6) is 0 Å². The van der Waals surface area contributed by atoms with E-state index in [9.17, 15) is 9.18 Å². The number of carbonyl (C=O) groups is 1. The number of pyridine rings is 1. The van der Waals surface area contributed by atoms with E-state index in [0.29, 0.717) is 5.92 Å². The lowest BCUT2D eigenvalue weighted by atomic mass is 9.99. The van der Waals surface area contributed by atoms with Crippen molar-refractivity contribution in [1.82, 2.24) is 10.3 Å².